The van der Waals surface area contributed by atoms with Gasteiger partial charge in [0.1, 0.15) is 17.1 Å². The van der Waals surface area contributed by atoms with Crippen LogP contribution in [0.5, 0.6) is 11.5 Å². The molecule has 1 saturated heterocycles. The van der Waals surface area contributed by atoms with E-state index in [-0.39, 0.29) is 18.8 Å². The largest absolute Gasteiger partial charge is 0.508 e. The topological polar surface area (TPSA) is 82.4 Å². The van der Waals surface area contributed by atoms with Gasteiger partial charge in [-0.3, -0.25) is 4.90 Å². The van der Waals surface area contributed by atoms with E-state index in [0.29, 0.717) is 11.3 Å². The summed E-state index contributed by atoms with van der Waals surface area (Å²) in [5.41, 5.74) is 6.46. The molecule has 2 aliphatic heterocycles. The van der Waals surface area contributed by atoms with Crippen molar-refractivity contribution in [1.29, 1.82) is 0 Å². The van der Waals surface area contributed by atoms with Crippen LogP contribution in [0.25, 0.3) is 0 Å². The van der Waals surface area contributed by atoms with Gasteiger partial charge in [0.05, 0.1) is 26.4 Å². The van der Waals surface area contributed by atoms with Crippen LogP contribution in [0.2, 0.25) is 0 Å². The first-order chi connectivity index (χ1) is 18.2. The van der Waals surface area contributed by atoms with Crippen molar-refractivity contribution in [3.8, 4) is 11.5 Å². The van der Waals surface area contributed by atoms with Crippen LogP contribution in [0, 0.1) is 6.92 Å². The fourth-order valence-electron chi connectivity index (χ4n) is 5.37. The summed E-state index contributed by atoms with van der Waals surface area (Å²) in [7, 11) is 0. The lowest BCUT2D eigenvalue weighted by Gasteiger charge is -2.38. The van der Waals surface area contributed by atoms with Crippen molar-refractivity contribution in [3.05, 3.63) is 57.7 Å². The fraction of sp³-hybridized carbons (Fsp3) is 0.625. The number of allylic oxidation sites excluding steroid dienone is 5. The number of phenolic OH excluding ortho intramolecular Hbond substituents is 1. The summed E-state index contributed by atoms with van der Waals surface area (Å²) in [6.45, 7) is 12.5. The predicted octanol–water partition coefficient (Wildman–Crippen LogP) is 5.76. The van der Waals surface area contributed by atoms with E-state index >= 15 is 0 Å². The predicted molar refractivity (Wildman–Crippen MR) is 154 cm³/mol. The van der Waals surface area contributed by atoms with Gasteiger partial charge in [-0.25, -0.2) is 0 Å². The molecule has 1 fully saturated rings. The molecule has 0 radical (unpaired) electrons. The van der Waals surface area contributed by atoms with Crippen molar-refractivity contribution >= 4 is 0 Å². The van der Waals surface area contributed by atoms with Crippen LogP contribution in [0.15, 0.2) is 41.0 Å². The molecule has 3 rings (SSSR count). The van der Waals surface area contributed by atoms with Gasteiger partial charge in [-0.2, -0.15) is 0 Å². The minimum atomic E-state index is -0.201. The molecule has 2 heterocycles. The Bertz CT molecular complexity index is 1000. The zero-order valence-electron chi connectivity index (χ0n) is 24.0. The smallest absolute Gasteiger partial charge is 0.126 e. The number of rotatable bonds is 13. The number of aliphatic hydroxyl groups excluding tert-OH is 2. The van der Waals surface area contributed by atoms with Gasteiger partial charge in [0.15, 0.2) is 0 Å². The van der Waals surface area contributed by atoms with Crippen LogP contribution in [-0.4, -0.2) is 65.3 Å². The average molecular weight is 528 g/mol. The van der Waals surface area contributed by atoms with Crippen LogP contribution >= 0.6 is 0 Å². The molecule has 6 nitrogen and oxygen atoms in total. The van der Waals surface area contributed by atoms with Gasteiger partial charge >= 0.3 is 0 Å². The summed E-state index contributed by atoms with van der Waals surface area (Å²) in [5, 5.41) is 29.0. The average Bonchev–Trinajstić information content (AvgIpc) is 2.90. The molecule has 3 N–H and O–H groups in total. The van der Waals surface area contributed by atoms with Gasteiger partial charge in [0, 0.05) is 30.8 Å². The Morgan fingerprint density at radius 3 is 2.29 bits per heavy atom. The van der Waals surface area contributed by atoms with Gasteiger partial charge in [-0.15, -0.1) is 0 Å². The molecule has 0 aromatic heterocycles. The van der Waals surface area contributed by atoms with E-state index < -0.39 is 0 Å². The van der Waals surface area contributed by atoms with E-state index in [1.807, 2.05) is 19.1 Å². The van der Waals surface area contributed by atoms with Crippen molar-refractivity contribution in [1.82, 2.24) is 4.90 Å². The molecule has 1 aromatic rings. The van der Waals surface area contributed by atoms with E-state index in [4.69, 9.17) is 19.7 Å². The van der Waals surface area contributed by atoms with Crippen LogP contribution in [-0.2, 0) is 17.7 Å². The van der Waals surface area contributed by atoms with Crippen LogP contribution in [0.4, 0.5) is 0 Å². The monoisotopic (exact) mass is 527 g/mol. The van der Waals surface area contributed by atoms with Gasteiger partial charge in [-0.1, -0.05) is 29.4 Å². The highest BCUT2D eigenvalue weighted by molar-refractivity contribution is 5.54. The molecule has 0 bridgehead atoms. The molecular formula is C32H49NO5. The standard InChI is InChI=1S/C32H49NO5/c1-24(10-6-12-27(22-34)23-35)8-5-9-25(2)11-7-14-32(4)15-13-28-29(21-33-16-18-37-19-17-33)30(36)20-26(3)31(28)38-32/h8,11-12,20,34-36H,5-7,9-10,13-19,21-23H2,1-4H3/b24-8+,25-11+/t32-/m1/s1. The molecule has 38 heavy (non-hydrogen) atoms. The molecule has 0 spiro atoms. The lowest BCUT2D eigenvalue weighted by Crippen LogP contribution is -2.38. The van der Waals surface area contributed by atoms with E-state index in [1.165, 1.54) is 16.7 Å². The van der Waals surface area contributed by atoms with Crippen LogP contribution < -0.4 is 4.74 Å². The highest BCUT2D eigenvalue weighted by atomic mass is 16.5. The first-order valence-corrected chi connectivity index (χ1v) is 14.3. The maximum atomic E-state index is 10.8. The molecule has 6 heteroatoms. The number of benzene rings is 1. The van der Waals surface area contributed by atoms with Crippen molar-refractivity contribution in [2.75, 3.05) is 39.5 Å². The normalized spacial score (nSPS) is 20.7. The Labute approximate surface area is 229 Å². The number of fused-ring (bicyclic) bond motifs is 1. The number of aromatic hydroxyl groups is 1. The molecule has 1 aromatic carbocycles. The molecule has 2 aliphatic rings. The van der Waals surface area contributed by atoms with Crippen molar-refractivity contribution in [2.45, 2.75) is 91.2 Å². The minimum absolute atomic E-state index is 0.0704. The molecule has 0 unspecified atom stereocenters. The number of hydrogen-bond acceptors (Lipinski definition) is 6. The first-order valence-electron chi connectivity index (χ1n) is 14.3. The van der Waals surface area contributed by atoms with Crippen molar-refractivity contribution in [3.63, 3.8) is 0 Å². The molecule has 212 valence electrons. The number of aryl methyl sites for hydroxylation is 1. The molecule has 0 amide bonds. The van der Waals surface area contributed by atoms with Crippen molar-refractivity contribution < 1.29 is 24.8 Å². The lowest BCUT2D eigenvalue weighted by molar-refractivity contribution is 0.0327. The van der Waals surface area contributed by atoms with E-state index in [0.717, 1.165) is 101 Å². The van der Waals surface area contributed by atoms with E-state index in [9.17, 15) is 5.11 Å². The van der Waals surface area contributed by atoms with Crippen LogP contribution in [0.1, 0.15) is 82.4 Å². The van der Waals surface area contributed by atoms with Gasteiger partial charge in [0.2, 0.25) is 0 Å². The third-order valence-corrected chi connectivity index (χ3v) is 7.97. The van der Waals surface area contributed by atoms with Gasteiger partial charge < -0.3 is 24.8 Å². The zero-order valence-corrected chi connectivity index (χ0v) is 24.0. The quantitative estimate of drug-likeness (QED) is 0.283. The third kappa shape index (κ3) is 8.98. The van der Waals surface area contributed by atoms with Crippen molar-refractivity contribution in [2.24, 2.45) is 0 Å². The van der Waals surface area contributed by atoms with Crippen LogP contribution in [0.3, 0.4) is 0 Å². The summed E-state index contributed by atoms with van der Waals surface area (Å²) in [6, 6.07) is 1.87. The van der Waals surface area contributed by atoms with E-state index in [2.05, 4.69) is 37.8 Å². The second-order valence-corrected chi connectivity index (χ2v) is 11.3. The van der Waals surface area contributed by atoms with Gasteiger partial charge in [-0.05, 0) is 96.3 Å². The third-order valence-electron chi connectivity index (χ3n) is 7.97. The highest BCUT2D eigenvalue weighted by Gasteiger charge is 2.34. The first kappa shape index (κ1) is 30.4. The Kier molecular flexibility index (Phi) is 11.9. The summed E-state index contributed by atoms with van der Waals surface area (Å²) in [5.74, 6) is 1.36. The summed E-state index contributed by atoms with van der Waals surface area (Å²) in [4.78, 5) is 2.35. The molecule has 0 aliphatic carbocycles. The summed E-state index contributed by atoms with van der Waals surface area (Å²) < 4.78 is 12.2. The molecule has 1 atom stereocenters. The Morgan fingerprint density at radius 2 is 1.63 bits per heavy atom. The number of ether oxygens (including phenoxy) is 2. The maximum absolute atomic E-state index is 10.8. The lowest BCUT2D eigenvalue weighted by atomic mass is 9.85. The van der Waals surface area contributed by atoms with Gasteiger partial charge in [0.25, 0.3) is 0 Å². The molecular weight excluding hydrogens is 478 g/mol. The Balaban J connectivity index is 1.51. The number of aliphatic hydroxyl groups is 2. The number of phenols is 1. The highest BCUT2D eigenvalue weighted by Crippen LogP contribution is 2.43. The summed E-state index contributed by atoms with van der Waals surface area (Å²) >= 11 is 0. The fourth-order valence-corrected chi connectivity index (χ4v) is 5.37. The Hall–Kier alpha value is -2.12. The second-order valence-electron chi connectivity index (χ2n) is 11.3. The maximum Gasteiger partial charge on any atom is 0.126 e. The minimum Gasteiger partial charge on any atom is -0.508 e. The number of hydrogen-bond donors (Lipinski definition) is 3. The summed E-state index contributed by atoms with van der Waals surface area (Å²) in [6.07, 6.45) is 14.3. The number of morpholine rings is 1. The molecule has 0 saturated carbocycles. The van der Waals surface area contributed by atoms with E-state index in [1.54, 1.807) is 0 Å². The number of nitrogens with zero attached hydrogens (tertiary/aromatic N) is 1. The second kappa shape index (κ2) is 14.9. The SMILES string of the molecule is C/C(=C\CC/C(C)=C/CC[C@]1(C)CCc2c(CN3CCOCC3)c(O)cc(C)c2O1)CCC=C(CO)CO. The Morgan fingerprint density at radius 1 is 1.00 bits per heavy atom. The zero-order chi connectivity index (χ0) is 27.5.